The number of carbonyl (C=O) groups excluding carboxylic acids is 1. The van der Waals surface area contributed by atoms with Gasteiger partial charge in [-0.2, -0.15) is 9.61 Å². The molecule has 0 aliphatic heterocycles. The van der Waals surface area contributed by atoms with Gasteiger partial charge in [0, 0.05) is 32.5 Å². The number of methoxy groups -OCH3 is 1. The van der Waals surface area contributed by atoms with Crippen molar-refractivity contribution in [2.75, 3.05) is 24.8 Å². The van der Waals surface area contributed by atoms with Crippen molar-refractivity contribution < 1.29 is 14.6 Å². The van der Waals surface area contributed by atoms with Crippen LogP contribution in [0.5, 0.6) is 0 Å². The highest BCUT2D eigenvalue weighted by atomic mass is 16.5. The van der Waals surface area contributed by atoms with Gasteiger partial charge in [0.1, 0.15) is 22.9 Å². The molecule has 3 heterocycles. The molecule has 0 bridgehead atoms. The number of ether oxygens (including phenoxy) is 1. The van der Waals surface area contributed by atoms with E-state index in [0.29, 0.717) is 35.0 Å². The van der Waals surface area contributed by atoms with Gasteiger partial charge in [-0.25, -0.2) is 4.98 Å². The first-order valence-corrected chi connectivity index (χ1v) is 12.0. The Balaban J connectivity index is 1.44. The van der Waals surface area contributed by atoms with Gasteiger partial charge in [0.15, 0.2) is 5.65 Å². The van der Waals surface area contributed by atoms with E-state index >= 15 is 0 Å². The van der Waals surface area contributed by atoms with Gasteiger partial charge in [-0.05, 0) is 50.7 Å². The summed E-state index contributed by atoms with van der Waals surface area (Å²) >= 11 is 0. The SMILES string of the molecule is CNc1cc(Nc2cccn([C@H]3CCC[C@@H](O)C3)c2=O)nc2c(C(=O)N[C@H]3CC[C@@H]3OC)cnn12. The van der Waals surface area contributed by atoms with Gasteiger partial charge in [0.25, 0.3) is 11.5 Å². The molecule has 5 rings (SSSR count). The number of nitrogens with zero attached hydrogens (tertiary/aromatic N) is 4. The summed E-state index contributed by atoms with van der Waals surface area (Å²) in [5, 5.41) is 23.6. The van der Waals surface area contributed by atoms with Crippen molar-refractivity contribution in [3.8, 4) is 0 Å². The van der Waals surface area contributed by atoms with E-state index in [9.17, 15) is 14.7 Å². The topological polar surface area (TPSA) is 135 Å². The maximum absolute atomic E-state index is 13.2. The molecule has 2 aliphatic rings. The molecule has 35 heavy (non-hydrogen) atoms. The highest BCUT2D eigenvalue weighted by molar-refractivity contribution is 6.00. The monoisotopic (exact) mass is 481 g/mol. The maximum atomic E-state index is 13.2. The van der Waals surface area contributed by atoms with E-state index in [-0.39, 0.29) is 35.8 Å². The lowest BCUT2D eigenvalue weighted by molar-refractivity contribution is 0.00732. The Labute approximate surface area is 202 Å². The van der Waals surface area contributed by atoms with Crippen LogP contribution in [0, 0.1) is 0 Å². The van der Waals surface area contributed by atoms with Crippen LogP contribution in [-0.2, 0) is 4.74 Å². The Hall–Kier alpha value is -3.44. The predicted octanol–water partition coefficient (Wildman–Crippen LogP) is 2.06. The van der Waals surface area contributed by atoms with E-state index < -0.39 is 0 Å². The first-order valence-electron chi connectivity index (χ1n) is 12.0. The lowest BCUT2D eigenvalue weighted by atomic mass is 9.89. The molecule has 3 aromatic heterocycles. The number of pyridine rings is 1. The molecule has 0 saturated heterocycles. The quantitative estimate of drug-likeness (QED) is 0.403. The summed E-state index contributed by atoms with van der Waals surface area (Å²) < 4.78 is 8.62. The molecular formula is C24H31N7O4. The normalized spacial score (nSPS) is 24.1. The minimum Gasteiger partial charge on any atom is -0.393 e. The van der Waals surface area contributed by atoms with Gasteiger partial charge in [0.2, 0.25) is 0 Å². The van der Waals surface area contributed by atoms with Crippen LogP contribution in [0.3, 0.4) is 0 Å². The summed E-state index contributed by atoms with van der Waals surface area (Å²) in [7, 11) is 3.40. The van der Waals surface area contributed by atoms with Crippen molar-refractivity contribution in [2.24, 2.45) is 0 Å². The second-order valence-electron chi connectivity index (χ2n) is 9.24. The Morgan fingerprint density at radius 2 is 2.11 bits per heavy atom. The third-order valence-corrected chi connectivity index (χ3v) is 7.05. The molecule has 0 radical (unpaired) electrons. The number of aromatic nitrogens is 4. The summed E-state index contributed by atoms with van der Waals surface area (Å²) in [4.78, 5) is 30.8. The van der Waals surface area contributed by atoms with E-state index in [0.717, 1.165) is 32.1 Å². The number of amides is 1. The number of hydrogen-bond acceptors (Lipinski definition) is 8. The smallest absolute Gasteiger partial charge is 0.274 e. The van der Waals surface area contributed by atoms with Gasteiger partial charge in [-0.1, -0.05) is 0 Å². The number of aliphatic hydroxyl groups excluding tert-OH is 1. The van der Waals surface area contributed by atoms with Crippen LogP contribution in [0.2, 0.25) is 0 Å². The predicted molar refractivity (Wildman–Crippen MR) is 131 cm³/mol. The Morgan fingerprint density at radius 1 is 1.26 bits per heavy atom. The second-order valence-corrected chi connectivity index (χ2v) is 9.24. The van der Waals surface area contributed by atoms with Crippen LogP contribution >= 0.6 is 0 Å². The van der Waals surface area contributed by atoms with Crippen LogP contribution < -0.4 is 21.5 Å². The summed E-state index contributed by atoms with van der Waals surface area (Å²) in [6.07, 6.45) is 7.75. The number of aliphatic hydroxyl groups is 1. The summed E-state index contributed by atoms with van der Waals surface area (Å²) in [6.45, 7) is 0. The van der Waals surface area contributed by atoms with Crippen LogP contribution in [0.1, 0.15) is 54.9 Å². The fourth-order valence-corrected chi connectivity index (χ4v) is 4.95. The first kappa shape index (κ1) is 23.3. The zero-order valence-corrected chi connectivity index (χ0v) is 19.9. The Kier molecular flexibility index (Phi) is 6.44. The van der Waals surface area contributed by atoms with E-state index in [2.05, 4.69) is 26.0 Å². The fourth-order valence-electron chi connectivity index (χ4n) is 4.95. The summed E-state index contributed by atoms with van der Waals surface area (Å²) in [5.74, 6) is 0.756. The van der Waals surface area contributed by atoms with E-state index in [1.165, 1.54) is 6.20 Å². The van der Waals surface area contributed by atoms with Crippen molar-refractivity contribution in [3.05, 3.63) is 46.5 Å². The van der Waals surface area contributed by atoms with Gasteiger partial charge < -0.3 is 30.4 Å². The van der Waals surface area contributed by atoms with Crippen molar-refractivity contribution in [1.82, 2.24) is 24.5 Å². The van der Waals surface area contributed by atoms with Crippen molar-refractivity contribution in [1.29, 1.82) is 0 Å². The number of hydrogen-bond donors (Lipinski definition) is 4. The Bertz CT molecular complexity index is 1280. The second kappa shape index (κ2) is 9.67. The molecule has 0 aromatic carbocycles. The fraction of sp³-hybridized carbons (Fsp3) is 0.500. The maximum Gasteiger partial charge on any atom is 0.274 e. The molecule has 3 aromatic rings. The average molecular weight is 482 g/mol. The molecule has 1 amide bonds. The summed E-state index contributed by atoms with van der Waals surface area (Å²) in [6, 6.07) is 5.17. The molecule has 4 atom stereocenters. The van der Waals surface area contributed by atoms with E-state index in [1.54, 1.807) is 41.6 Å². The van der Waals surface area contributed by atoms with Gasteiger partial charge in [-0.15, -0.1) is 0 Å². The third-order valence-electron chi connectivity index (χ3n) is 7.05. The van der Waals surface area contributed by atoms with Crippen LogP contribution in [0.25, 0.3) is 5.65 Å². The number of nitrogens with one attached hydrogen (secondary N) is 3. The molecule has 0 spiro atoms. The number of rotatable bonds is 7. The average Bonchev–Trinajstić information content (AvgIpc) is 3.27. The summed E-state index contributed by atoms with van der Waals surface area (Å²) in [5.41, 5.74) is 0.904. The molecular weight excluding hydrogens is 450 g/mol. The number of fused-ring (bicyclic) bond motifs is 1. The van der Waals surface area contributed by atoms with Gasteiger partial charge in [-0.3, -0.25) is 9.59 Å². The number of anilines is 3. The largest absolute Gasteiger partial charge is 0.393 e. The molecule has 4 N–H and O–H groups in total. The molecule has 2 aliphatic carbocycles. The zero-order valence-electron chi connectivity index (χ0n) is 19.9. The van der Waals surface area contributed by atoms with Crippen LogP contribution in [0.15, 0.2) is 35.4 Å². The van der Waals surface area contributed by atoms with Crippen molar-refractivity contribution >= 4 is 28.9 Å². The molecule has 2 fully saturated rings. The van der Waals surface area contributed by atoms with Crippen molar-refractivity contribution in [2.45, 2.75) is 62.8 Å². The first-order chi connectivity index (χ1) is 17.0. The zero-order chi connectivity index (χ0) is 24.5. The highest BCUT2D eigenvalue weighted by Gasteiger charge is 2.33. The van der Waals surface area contributed by atoms with Gasteiger partial charge in [0.05, 0.1) is 24.4 Å². The minimum atomic E-state index is -0.384. The van der Waals surface area contributed by atoms with Crippen LogP contribution in [-0.4, -0.2) is 62.6 Å². The lowest BCUT2D eigenvalue weighted by Crippen LogP contribution is -2.51. The molecule has 0 unspecified atom stereocenters. The van der Waals surface area contributed by atoms with Crippen molar-refractivity contribution in [3.63, 3.8) is 0 Å². The number of carbonyl (C=O) groups is 1. The van der Waals surface area contributed by atoms with E-state index in [1.807, 2.05) is 6.07 Å². The van der Waals surface area contributed by atoms with Gasteiger partial charge >= 0.3 is 0 Å². The van der Waals surface area contributed by atoms with E-state index in [4.69, 9.17) is 4.74 Å². The Morgan fingerprint density at radius 3 is 2.83 bits per heavy atom. The lowest BCUT2D eigenvalue weighted by Gasteiger charge is -2.35. The standard InChI is InChI=1S/C24H31N7O4/c1-25-21-12-20(27-18-7-4-10-30(24(18)34)14-5-3-6-15(32)11-14)29-22-16(13-26-31(21)22)23(33)28-17-8-9-19(17)35-2/h4,7,10,12-15,17,19,25,32H,3,5-6,8-9,11H2,1-2H3,(H,27,29)(H,28,33)/t14-,15+,17-,19-/m0/s1. The highest BCUT2D eigenvalue weighted by Crippen LogP contribution is 2.28. The molecule has 11 nitrogen and oxygen atoms in total. The third kappa shape index (κ3) is 4.48. The molecule has 11 heteroatoms. The minimum absolute atomic E-state index is 0.0179. The molecule has 186 valence electrons. The van der Waals surface area contributed by atoms with Crippen LogP contribution in [0.4, 0.5) is 17.3 Å². The molecule has 2 saturated carbocycles.